The second kappa shape index (κ2) is 5.03. The Hall–Kier alpha value is -0.820. The van der Waals surface area contributed by atoms with Gasteiger partial charge in [-0.05, 0) is 17.5 Å². The Labute approximate surface area is 84.5 Å². The summed E-state index contributed by atoms with van der Waals surface area (Å²) in [5.41, 5.74) is 2.36. The largest absolute Gasteiger partial charge is 0.264 e. The Morgan fingerprint density at radius 3 is 2.85 bits per heavy atom. The maximum Gasteiger partial charge on any atom is 0.0439 e. The van der Waals surface area contributed by atoms with Crippen LogP contribution in [0.2, 0.25) is 0 Å². The van der Waals surface area contributed by atoms with Gasteiger partial charge in [-0.1, -0.05) is 31.6 Å². The molecule has 0 amide bonds. The molecule has 0 aliphatic heterocycles. The summed E-state index contributed by atoms with van der Waals surface area (Å²) in [6, 6.07) is 3.96. The standard InChI is InChI=1S/C11H14ClN/c1-9(2)11(7-12)6-10-4-3-5-13-8-10/h3-6,8-9H,7H2,1-2H3. The molecular formula is C11H14ClN. The molecule has 0 saturated carbocycles. The van der Waals surface area contributed by atoms with Crippen molar-refractivity contribution in [2.24, 2.45) is 5.92 Å². The second-order valence-corrected chi connectivity index (χ2v) is 3.56. The van der Waals surface area contributed by atoms with Crippen LogP contribution in [0.3, 0.4) is 0 Å². The van der Waals surface area contributed by atoms with Gasteiger partial charge in [0.15, 0.2) is 0 Å². The molecule has 2 heteroatoms. The van der Waals surface area contributed by atoms with Crippen LogP contribution < -0.4 is 0 Å². The molecule has 0 spiro atoms. The van der Waals surface area contributed by atoms with Gasteiger partial charge < -0.3 is 0 Å². The van der Waals surface area contributed by atoms with Gasteiger partial charge in [-0.15, -0.1) is 11.6 Å². The van der Waals surface area contributed by atoms with Crippen LogP contribution in [0, 0.1) is 5.92 Å². The molecular weight excluding hydrogens is 182 g/mol. The molecule has 0 radical (unpaired) electrons. The maximum absolute atomic E-state index is 5.82. The van der Waals surface area contributed by atoms with Gasteiger partial charge in [0.25, 0.3) is 0 Å². The number of halogens is 1. The van der Waals surface area contributed by atoms with Gasteiger partial charge in [0.05, 0.1) is 0 Å². The van der Waals surface area contributed by atoms with Crippen LogP contribution in [0.1, 0.15) is 19.4 Å². The van der Waals surface area contributed by atoms with Crippen LogP contribution in [0.15, 0.2) is 30.1 Å². The Kier molecular flexibility index (Phi) is 3.97. The van der Waals surface area contributed by atoms with Crippen molar-refractivity contribution in [2.75, 3.05) is 5.88 Å². The number of hydrogen-bond donors (Lipinski definition) is 0. The molecule has 1 aromatic rings. The maximum atomic E-state index is 5.82. The number of pyridine rings is 1. The smallest absolute Gasteiger partial charge is 0.0439 e. The molecule has 0 bridgehead atoms. The number of rotatable bonds is 3. The van der Waals surface area contributed by atoms with E-state index in [0.29, 0.717) is 11.8 Å². The lowest BCUT2D eigenvalue weighted by molar-refractivity contribution is 0.778. The molecule has 0 saturated heterocycles. The molecule has 1 heterocycles. The number of hydrogen-bond acceptors (Lipinski definition) is 1. The quantitative estimate of drug-likeness (QED) is 0.674. The fourth-order valence-corrected chi connectivity index (χ4v) is 1.42. The second-order valence-electron chi connectivity index (χ2n) is 3.29. The zero-order valence-electron chi connectivity index (χ0n) is 8.00. The molecule has 1 rings (SSSR count). The molecule has 13 heavy (non-hydrogen) atoms. The highest BCUT2D eigenvalue weighted by Crippen LogP contribution is 2.15. The van der Waals surface area contributed by atoms with Crippen molar-refractivity contribution < 1.29 is 0 Å². The average molecular weight is 196 g/mol. The molecule has 0 unspecified atom stereocenters. The predicted octanol–water partition coefficient (Wildman–Crippen LogP) is 3.36. The van der Waals surface area contributed by atoms with Crippen molar-refractivity contribution in [3.05, 3.63) is 35.7 Å². The lowest BCUT2D eigenvalue weighted by atomic mass is 10.0. The third kappa shape index (κ3) is 3.19. The van der Waals surface area contributed by atoms with E-state index < -0.39 is 0 Å². The normalized spacial score (nSPS) is 12.2. The molecule has 0 atom stereocenters. The Morgan fingerprint density at radius 2 is 2.38 bits per heavy atom. The van der Waals surface area contributed by atoms with Gasteiger partial charge in [-0.3, -0.25) is 4.98 Å². The van der Waals surface area contributed by atoms with Crippen molar-refractivity contribution in [1.82, 2.24) is 4.98 Å². The summed E-state index contributed by atoms with van der Waals surface area (Å²) < 4.78 is 0. The van der Waals surface area contributed by atoms with Crippen molar-refractivity contribution in [1.29, 1.82) is 0 Å². The molecule has 0 aliphatic carbocycles. The Morgan fingerprint density at radius 1 is 1.62 bits per heavy atom. The van der Waals surface area contributed by atoms with Gasteiger partial charge in [0.2, 0.25) is 0 Å². The Balaban J connectivity index is 2.85. The molecule has 0 aromatic carbocycles. The third-order valence-corrected chi connectivity index (χ3v) is 2.24. The molecule has 1 nitrogen and oxygen atoms in total. The first-order valence-corrected chi connectivity index (χ1v) is 4.94. The summed E-state index contributed by atoms with van der Waals surface area (Å²) in [5, 5.41) is 0. The summed E-state index contributed by atoms with van der Waals surface area (Å²) >= 11 is 5.82. The van der Waals surface area contributed by atoms with Gasteiger partial charge >= 0.3 is 0 Å². The fraction of sp³-hybridized carbons (Fsp3) is 0.364. The topological polar surface area (TPSA) is 12.9 Å². The lowest BCUT2D eigenvalue weighted by Crippen LogP contribution is -1.95. The number of aromatic nitrogens is 1. The van der Waals surface area contributed by atoms with E-state index in [4.69, 9.17) is 11.6 Å². The van der Waals surface area contributed by atoms with Gasteiger partial charge in [0.1, 0.15) is 0 Å². The lowest BCUT2D eigenvalue weighted by Gasteiger charge is -2.06. The van der Waals surface area contributed by atoms with Crippen molar-refractivity contribution in [3.8, 4) is 0 Å². The van der Waals surface area contributed by atoms with Crippen LogP contribution in [0.5, 0.6) is 0 Å². The van der Waals surface area contributed by atoms with Crippen molar-refractivity contribution in [3.63, 3.8) is 0 Å². The number of nitrogens with zero attached hydrogens (tertiary/aromatic N) is 1. The van der Waals surface area contributed by atoms with Gasteiger partial charge in [-0.2, -0.15) is 0 Å². The Bertz CT molecular complexity index is 277. The SMILES string of the molecule is CC(C)C(=Cc1cccnc1)CCl. The summed E-state index contributed by atoms with van der Waals surface area (Å²) in [6.45, 7) is 4.29. The summed E-state index contributed by atoms with van der Waals surface area (Å²) in [7, 11) is 0. The highest BCUT2D eigenvalue weighted by molar-refractivity contribution is 6.19. The van der Waals surface area contributed by atoms with Crippen LogP contribution in [-0.4, -0.2) is 10.9 Å². The van der Waals surface area contributed by atoms with E-state index in [1.807, 2.05) is 18.3 Å². The highest BCUT2D eigenvalue weighted by Gasteiger charge is 2.00. The van der Waals surface area contributed by atoms with Crippen molar-refractivity contribution in [2.45, 2.75) is 13.8 Å². The zero-order valence-corrected chi connectivity index (χ0v) is 8.75. The van der Waals surface area contributed by atoms with E-state index in [9.17, 15) is 0 Å². The molecule has 1 aromatic heterocycles. The van der Waals surface area contributed by atoms with Crippen molar-refractivity contribution >= 4 is 17.7 Å². The molecule has 0 fully saturated rings. The first-order chi connectivity index (χ1) is 6.24. The van der Waals surface area contributed by atoms with E-state index in [-0.39, 0.29) is 0 Å². The predicted molar refractivity (Wildman–Crippen MR) is 57.8 cm³/mol. The van der Waals surface area contributed by atoms with E-state index >= 15 is 0 Å². The first kappa shape index (κ1) is 10.3. The van der Waals surface area contributed by atoms with E-state index in [2.05, 4.69) is 24.9 Å². The molecule has 0 N–H and O–H groups in total. The van der Waals surface area contributed by atoms with Crippen LogP contribution in [0.25, 0.3) is 6.08 Å². The highest BCUT2D eigenvalue weighted by atomic mass is 35.5. The van der Waals surface area contributed by atoms with E-state index in [1.54, 1.807) is 6.20 Å². The van der Waals surface area contributed by atoms with Crippen LogP contribution in [0.4, 0.5) is 0 Å². The third-order valence-electron chi connectivity index (χ3n) is 1.93. The zero-order chi connectivity index (χ0) is 9.68. The number of allylic oxidation sites excluding steroid dienone is 1. The number of alkyl halides is 1. The minimum Gasteiger partial charge on any atom is -0.264 e. The summed E-state index contributed by atoms with van der Waals surface area (Å²) in [4.78, 5) is 4.04. The van der Waals surface area contributed by atoms with Gasteiger partial charge in [0, 0.05) is 18.3 Å². The first-order valence-electron chi connectivity index (χ1n) is 4.40. The fourth-order valence-electron chi connectivity index (χ4n) is 1.03. The van der Waals surface area contributed by atoms with Crippen LogP contribution >= 0.6 is 11.6 Å². The molecule has 70 valence electrons. The summed E-state index contributed by atoms with van der Waals surface area (Å²) in [5.74, 6) is 1.09. The van der Waals surface area contributed by atoms with Crippen LogP contribution in [-0.2, 0) is 0 Å². The van der Waals surface area contributed by atoms with E-state index in [1.165, 1.54) is 5.57 Å². The minimum atomic E-state index is 0.498. The monoisotopic (exact) mass is 195 g/mol. The average Bonchev–Trinajstić information content (AvgIpc) is 2.15. The minimum absolute atomic E-state index is 0.498. The van der Waals surface area contributed by atoms with E-state index in [0.717, 1.165) is 5.56 Å². The molecule has 0 aliphatic rings. The summed E-state index contributed by atoms with van der Waals surface area (Å²) in [6.07, 6.45) is 5.71. The van der Waals surface area contributed by atoms with Gasteiger partial charge in [-0.25, -0.2) is 0 Å².